The summed E-state index contributed by atoms with van der Waals surface area (Å²) in [6.45, 7) is 3.92. The van der Waals surface area contributed by atoms with E-state index in [0.717, 1.165) is 0 Å². The molecule has 0 bridgehead atoms. The maximum absolute atomic E-state index is 12.1. The van der Waals surface area contributed by atoms with Crippen molar-refractivity contribution >= 4 is 11.6 Å². The summed E-state index contributed by atoms with van der Waals surface area (Å²) in [6.07, 6.45) is 0. The number of hydrogen-bond acceptors (Lipinski definition) is 5. The number of amides is 1. The molecule has 0 saturated carbocycles. The molecule has 102 valence electrons. The van der Waals surface area contributed by atoms with Crippen molar-refractivity contribution in [1.82, 2.24) is 10.4 Å². The van der Waals surface area contributed by atoms with E-state index >= 15 is 0 Å². The van der Waals surface area contributed by atoms with Crippen LogP contribution in [0.3, 0.4) is 0 Å². The lowest BCUT2D eigenvalue weighted by Gasteiger charge is -2.27. The zero-order valence-electron chi connectivity index (χ0n) is 10.6. The van der Waals surface area contributed by atoms with Gasteiger partial charge in [-0.1, -0.05) is 6.07 Å². The van der Waals surface area contributed by atoms with Crippen molar-refractivity contribution in [2.45, 2.75) is 6.92 Å². The summed E-state index contributed by atoms with van der Waals surface area (Å²) in [6, 6.07) is 4.48. The molecule has 0 unspecified atom stereocenters. The molecule has 0 radical (unpaired) electrons. The maximum Gasteiger partial charge on any atom is 0.273 e. The van der Waals surface area contributed by atoms with Crippen LogP contribution < -0.4 is 5.43 Å². The summed E-state index contributed by atoms with van der Waals surface area (Å²) in [7, 11) is 0. The number of hydrazine groups is 1. The Balaban J connectivity index is 2.14. The first kappa shape index (κ1) is 13.4. The van der Waals surface area contributed by atoms with E-state index < -0.39 is 4.92 Å². The number of carbonyl (C=O) groups excluding carboxylic acids is 1. The molecule has 1 heterocycles. The van der Waals surface area contributed by atoms with Gasteiger partial charge >= 0.3 is 0 Å². The van der Waals surface area contributed by atoms with Crippen molar-refractivity contribution < 1.29 is 14.5 Å². The molecular weight excluding hydrogens is 250 g/mol. The van der Waals surface area contributed by atoms with E-state index in [9.17, 15) is 14.9 Å². The minimum absolute atomic E-state index is 0.0466. The lowest BCUT2D eigenvalue weighted by Crippen LogP contribution is -2.48. The van der Waals surface area contributed by atoms with E-state index in [2.05, 4.69) is 5.43 Å². The lowest BCUT2D eigenvalue weighted by atomic mass is 10.1. The van der Waals surface area contributed by atoms with Crippen LogP contribution >= 0.6 is 0 Å². The fourth-order valence-corrected chi connectivity index (χ4v) is 1.95. The second-order valence-electron chi connectivity index (χ2n) is 4.25. The van der Waals surface area contributed by atoms with Crippen molar-refractivity contribution in [3.63, 3.8) is 0 Å². The highest BCUT2D eigenvalue weighted by Crippen LogP contribution is 2.20. The van der Waals surface area contributed by atoms with Gasteiger partial charge in [-0.15, -0.1) is 0 Å². The van der Waals surface area contributed by atoms with Gasteiger partial charge in [0.25, 0.3) is 11.6 Å². The monoisotopic (exact) mass is 265 g/mol. The minimum Gasteiger partial charge on any atom is -0.379 e. The zero-order valence-corrected chi connectivity index (χ0v) is 10.6. The number of nitrogens with zero attached hydrogens (tertiary/aromatic N) is 2. The molecule has 1 aromatic carbocycles. The number of carbonyl (C=O) groups is 1. The summed E-state index contributed by atoms with van der Waals surface area (Å²) in [5, 5.41) is 12.6. The fraction of sp³-hybridized carbons (Fsp3) is 0.417. The Morgan fingerprint density at radius 1 is 1.42 bits per heavy atom. The largest absolute Gasteiger partial charge is 0.379 e. The van der Waals surface area contributed by atoms with Crippen molar-refractivity contribution in [3.05, 3.63) is 39.4 Å². The van der Waals surface area contributed by atoms with Crippen LogP contribution in [0.25, 0.3) is 0 Å². The summed E-state index contributed by atoms with van der Waals surface area (Å²) >= 11 is 0. The Labute approximate surface area is 110 Å². The van der Waals surface area contributed by atoms with Gasteiger partial charge in [0.15, 0.2) is 0 Å². The average molecular weight is 265 g/mol. The average Bonchev–Trinajstić information content (AvgIpc) is 2.39. The van der Waals surface area contributed by atoms with Crippen LogP contribution in [0, 0.1) is 17.0 Å². The molecule has 1 aromatic rings. The Bertz CT molecular complexity index is 498. The zero-order chi connectivity index (χ0) is 13.8. The molecule has 1 amide bonds. The first-order valence-corrected chi connectivity index (χ1v) is 5.97. The van der Waals surface area contributed by atoms with Crippen LogP contribution in [0.4, 0.5) is 5.69 Å². The first-order chi connectivity index (χ1) is 9.09. The summed E-state index contributed by atoms with van der Waals surface area (Å²) in [4.78, 5) is 22.4. The molecule has 19 heavy (non-hydrogen) atoms. The van der Waals surface area contributed by atoms with Gasteiger partial charge in [0, 0.05) is 24.7 Å². The standard InChI is InChI=1S/C12H15N3O4/c1-9-10(3-2-4-11(9)15(17)18)12(16)13-14-5-7-19-8-6-14/h2-4H,5-8H2,1H3,(H,13,16). The molecule has 0 aromatic heterocycles. The van der Waals surface area contributed by atoms with E-state index in [1.165, 1.54) is 12.1 Å². The van der Waals surface area contributed by atoms with Crippen molar-refractivity contribution in [2.24, 2.45) is 0 Å². The molecule has 1 fully saturated rings. The number of hydrogen-bond donors (Lipinski definition) is 1. The Morgan fingerprint density at radius 2 is 2.11 bits per heavy atom. The van der Waals surface area contributed by atoms with Crippen LogP contribution in [0.15, 0.2) is 18.2 Å². The number of ether oxygens (including phenoxy) is 1. The van der Waals surface area contributed by atoms with Crippen molar-refractivity contribution in [2.75, 3.05) is 26.3 Å². The molecule has 1 aliphatic heterocycles. The number of nitro benzene ring substituents is 1. The highest BCUT2D eigenvalue weighted by Gasteiger charge is 2.20. The maximum atomic E-state index is 12.1. The first-order valence-electron chi connectivity index (χ1n) is 5.97. The van der Waals surface area contributed by atoms with Crippen LogP contribution in [-0.4, -0.2) is 42.1 Å². The molecule has 0 aliphatic carbocycles. The van der Waals surface area contributed by atoms with Gasteiger partial charge in [0.05, 0.1) is 23.7 Å². The SMILES string of the molecule is Cc1c(C(=O)NN2CCOCC2)cccc1[N+](=O)[O-]. The third-order valence-electron chi connectivity index (χ3n) is 3.02. The summed E-state index contributed by atoms with van der Waals surface area (Å²) in [5.41, 5.74) is 3.38. The van der Waals surface area contributed by atoms with Gasteiger partial charge in [0.1, 0.15) is 0 Å². The van der Waals surface area contributed by atoms with Crippen LogP contribution in [0.2, 0.25) is 0 Å². The molecule has 7 nitrogen and oxygen atoms in total. The normalized spacial score (nSPS) is 16.1. The van der Waals surface area contributed by atoms with Gasteiger partial charge < -0.3 is 4.74 Å². The summed E-state index contributed by atoms with van der Waals surface area (Å²) in [5.74, 6) is -0.330. The molecule has 7 heteroatoms. The summed E-state index contributed by atoms with van der Waals surface area (Å²) < 4.78 is 5.18. The molecular formula is C12H15N3O4. The molecule has 1 N–H and O–H groups in total. The third kappa shape index (κ3) is 3.07. The second-order valence-corrected chi connectivity index (χ2v) is 4.25. The van der Waals surface area contributed by atoms with Gasteiger partial charge in [-0.2, -0.15) is 0 Å². The molecule has 1 saturated heterocycles. The number of morpholine rings is 1. The third-order valence-corrected chi connectivity index (χ3v) is 3.02. The highest BCUT2D eigenvalue weighted by molar-refractivity contribution is 5.96. The van der Waals surface area contributed by atoms with E-state index in [1.54, 1.807) is 18.0 Å². The van der Waals surface area contributed by atoms with E-state index in [-0.39, 0.29) is 11.6 Å². The van der Waals surface area contributed by atoms with Crippen LogP contribution in [0.5, 0.6) is 0 Å². The predicted octanol–water partition coefficient (Wildman–Crippen LogP) is 0.880. The highest BCUT2D eigenvalue weighted by atomic mass is 16.6. The van der Waals surface area contributed by atoms with Crippen LogP contribution in [-0.2, 0) is 4.74 Å². The minimum atomic E-state index is -0.485. The van der Waals surface area contributed by atoms with Crippen molar-refractivity contribution in [3.8, 4) is 0 Å². The number of nitro groups is 1. The van der Waals surface area contributed by atoms with Gasteiger partial charge in [0.2, 0.25) is 0 Å². The Kier molecular flexibility index (Phi) is 4.08. The number of rotatable bonds is 3. The predicted molar refractivity (Wildman–Crippen MR) is 67.7 cm³/mol. The van der Waals surface area contributed by atoms with Gasteiger partial charge in [-0.25, -0.2) is 5.01 Å². The number of nitrogens with one attached hydrogen (secondary N) is 1. The quantitative estimate of drug-likeness (QED) is 0.647. The van der Waals surface area contributed by atoms with Gasteiger partial charge in [-0.05, 0) is 13.0 Å². The van der Waals surface area contributed by atoms with E-state index in [4.69, 9.17) is 4.74 Å². The molecule has 2 rings (SSSR count). The number of benzene rings is 1. The fourth-order valence-electron chi connectivity index (χ4n) is 1.95. The Morgan fingerprint density at radius 3 is 2.74 bits per heavy atom. The van der Waals surface area contributed by atoms with Gasteiger partial charge in [-0.3, -0.25) is 20.3 Å². The van der Waals surface area contributed by atoms with E-state index in [1.807, 2.05) is 0 Å². The van der Waals surface area contributed by atoms with E-state index in [0.29, 0.717) is 37.4 Å². The molecule has 0 atom stereocenters. The molecule has 0 spiro atoms. The lowest BCUT2D eigenvalue weighted by molar-refractivity contribution is -0.385. The topological polar surface area (TPSA) is 84.7 Å². The smallest absolute Gasteiger partial charge is 0.273 e. The van der Waals surface area contributed by atoms with Crippen molar-refractivity contribution in [1.29, 1.82) is 0 Å². The second kappa shape index (κ2) is 5.77. The Hall–Kier alpha value is -1.99. The molecule has 1 aliphatic rings. The van der Waals surface area contributed by atoms with Crippen LogP contribution in [0.1, 0.15) is 15.9 Å².